The van der Waals surface area contributed by atoms with Crippen LogP contribution in [0.1, 0.15) is 29.0 Å². The van der Waals surface area contributed by atoms with Crippen LogP contribution in [0.15, 0.2) is 91.0 Å². The highest BCUT2D eigenvalue weighted by molar-refractivity contribution is 7.98. The second kappa shape index (κ2) is 11.2. The number of amides is 1. The average molecular weight is 460 g/mol. The summed E-state index contributed by atoms with van der Waals surface area (Å²) in [4.78, 5) is 28.3. The van der Waals surface area contributed by atoms with E-state index in [4.69, 9.17) is 4.74 Å². The fourth-order valence-electron chi connectivity index (χ4n) is 4.50. The van der Waals surface area contributed by atoms with E-state index in [1.54, 1.807) is 4.90 Å². The number of carbonyl (C=O) groups excluding carboxylic acids is 2. The monoisotopic (exact) mass is 459 g/mol. The summed E-state index contributed by atoms with van der Waals surface area (Å²) in [7, 11) is 1.40. The van der Waals surface area contributed by atoms with Crippen molar-refractivity contribution in [2.75, 3.05) is 19.4 Å². The Morgan fingerprint density at radius 3 is 2.00 bits per heavy atom. The Morgan fingerprint density at radius 1 is 0.909 bits per heavy atom. The summed E-state index contributed by atoms with van der Waals surface area (Å²) in [5, 5.41) is 0. The second-order valence-electron chi connectivity index (χ2n) is 8.39. The summed E-state index contributed by atoms with van der Waals surface area (Å²) in [6.07, 6.45) is 0.635. The maximum absolute atomic E-state index is 13.9. The van der Waals surface area contributed by atoms with Crippen LogP contribution >= 0.6 is 11.8 Å². The Labute approximate surface area is 200 Å². The van der Waals surface area contributed by atoms with Crippen LogP contribution in [-0.2, 0) is 20.1 Å². The molecule has 1 heterocycles. The van der Waals surface area contributed by atoms with Crippen LogP contribution in [-0.4, -0.2) is 42.2 Å². The molecule has 1 amide bonds. The zero-order valence-corrected chi connectivity index (χ0v) is 19.6. The van der Waals surface area contributed by atoms with Gasteiger partial charge in [-0.15, -0.1) is 0 Å². The Kier molecular flexibility index (Phi) is 7.84. The third-order valence-electron chi connectivity index (χ3n) is 6.12. The van der Waals surface area contributed by atoms with E-state index in [2.05, 4.69) is 12.1 Å². The highest BCUT2D eigenvalue weighted by Crippen LogP contribution is 2.34. The minimum Gasteiger partial charge on any atom is -0.467 e. The van der Waals surface area contributed by atoms with Crippen molar-refractivity contribution in [1.29, 1.82) is 0 Å². The Bertz CT molecular complexity index is 1000. The number of benzene rings is 3. The quantitative estimate of drug-likeness (QED) is 0.438. The maximum atomic E-state index is 13.9. The smallest absolute Gasteiger partial charge is 0.328 e. The zero-order valence-electron chi connectivity index (χ0n) is 18.8. The molecule has 1 saturated heterocycles. The minimum absolute atomic E-state index is 0.0432. The number of carbonyl (C=O) groups is 2. The van der Waals surface area contributed by atoms with E-state index >= 15 is 0 Å². The summed E-state index contributed by atoms with van der Waals surface area (Å²) in [5.41, 5.74) is 3.14. The van der Waals surface area contributed by atoms with Gasteiger partial charge in [0.1, 0.15) is 6.04 Å². The van der Waals surface area contributed by atoms with Crippen molar-refractivity contribution in [2.45, 2.75) is 24.1 Å². The van der Waals surface area contributed by atoms with Crippen molar-refractivity contribution in [3.05, 3.63) is 108 Å². The van der Waals surface area contributed by atoms with Gasteiger partial charge in [0, 0.05) is 12.3 Å². The van der Waals surface area contributed by atoms with Crippen molar-refractivity contribution >= 4 is 23.6 Å². The Morgan fingerprint density at radius 2 is 1.45 bits per heavy atom. The highest BCUT2D eigenvalue weighted by Gasteiger charge is 2.42. The number of thioether (sulfide) groups is 1. The summed E-state index contributed by atoms with van der Waals surface area (Å²) >= 11 is 1.85. The van der Waals surface area contributed by atoms with Gasteiger partial charge in [-0.05, 0) is 34.8 Å². The number of hydrogen-bond donors (Lipinski definition) is 0. The molecule has 4 rings (SSSR count). The van der Waals surface area contributed by atoms with E-state index < -0.39 is 12.0 Å². The first kappa shape index (κ1) is 23.1. The molecule has 0 N–H and O–H groups in total. The predicted molar refractivity (Wildman–Crippen MR) is 133 cm³/mol. The van der Waals surface area contributed by atoms with Crippen LogP contribution in [0, 0.1) is 5.92 Å². The molecule has 4 nitrogen and oxygen atoms in total. The third kappa shape index (κ3) is 5.66. The van der Waals surface area contributed by atoms with Gasteiger partial charge in [0.05, 0.1) is 13.0 Å². The fourth-order valence-corrected chi connectivity index (χ4v) is 5.62. The SMILES string of the molecule is COC(=O)C1CC(CSCc2ccccc2)CN1C(=O)C(c1ccccc1)c1ccccc1. The standard InChI is InChI=1S/C28H29NO3S/c1-32-28(31)25-17-22(20-33-19-21-11-5-2-6-12-21)18-29(25)27(30)26(23-13-7-3-8-14-23)24-15-9-4-10-16-24/h2-16,22,25-26H,17-20H2,1H3. The molecule has 0 spiro atoms. The number of hydrogen-bond acceptors (Lipinski definition) is 4. The average Bonchev–Trinajstić information content (AvgIpc) is 3.30. The van der Waals surface area contributed by atoms with E-state index in [0.717, 1.165) is 22.6 Å². The number of rotatable bonds is 8. The molecule has 0 bridgehead atoms. The van der Waals surface area contributed by atoms with E-state index in [9.17, 15) is 9.59 Å². The van der Waals surface area contributed by atoms with Crippen LogP contribution in [0.3, 0.4) is 0 Å². The van der Waals surface area contributed by atoms with Crippen LogP contribution in [0.25, 0.3) is 0 Å². The molecule has 1 aliphatic heterocycles. The number of likely N-dealkylation sites (tertiary alicyclic amines) is 1. The van der Waals surface area contributed by atoms with Crippen LogP contribution in [0.5, 0.6) is 0 Å². The summed E-state index contributed by atoms with van der Waals surface area (Å²) < 4.78 is 5.09. The van der Waals surface area contributed by atoms with Gasteiger partial charge >= 0.3 is 5.97 Å². The molecular formula is C28H29NO3S. The molecule has 2 atom stereocenters. The van der Waals surface area contributed by atoms with Crippen molar-refractivity contribution in [1.82, 2.24) is 4.90 Å². The molecule has 1 fully saturated rings. The van der Waals surface area contributed by atoms with Gasteiger partial charge in [-0.1, -0.05) is 91.0 Å². The normalized spacial score (nSPS) is 17.8. The molecule has 0 saturated carbocycles. The predicted octanol–water partition coefficient (Wildman–Crippen LogP) is 5.14. The molecule has 3 aromatic rings. The number of methoxy groups -OCH3 is 1. The second-order valence-corrected chi connectivity index (χ2v) is 9.42. The van der Waals surface area contributed by atoms with E-state index in [1.807, 2.05) is 90.6 Å². The van der Waals surface area contributed by atoms with Gasteiger partial charge in [0.2, 0.25) is 5.91 Å². The molecule has 5 heteroatoms. The molecule has 2 unspecified atom stereocenters. The first-order valence-corrected chi connectivity index (χ1v) is 12.4. The van der Waals surface area contributed by atoms with Gasteiger partial charge in [0.25, 0.3) is 0 Å². The number of ether oxygens (including phenoxy) is 1. The van der Waals surface area contributed by atoms with E-state index in [0.29, 0.717) is 13.0 Å². The first-order chi connectivity index (χ1) is 16.2. The van der Waals surface area contributed by atoms with E-state index in [-0.39, 0.29) is 17.8 Å². The molecular weight excluding hydrogens is 430 g/mol. The maximum Gasteiger partial charge on any atom is 0.328 e. The zero-order chi connectivity index (χ0) is 23.0. The lowest BCUT2D eigenvalue weighted by atomic mass is 9.90. The van der Waals surface area contributed by atoms with Gasteiger partial charge in [-0.2, -0.15) is 11.8 Å². The lowest BCUT2D eigenvalue weighted by Crippen LogP contribution is -2.43. The topological polar surface area (TPSA) is 46.6 Å². The van der Waals surface area contributed by atoms with Gasteiger partial charge < -0.3 is 9.64 Å². The van der Waals surface area contributed by atoms with Crippen LogP contribution < -0.4 is 0 Å². The van der Waals surface area contributed by atoms with Crippen molar-refractivity contribution in [3.63, 3.8) is 0 Å². The third-order valence-corrected chi connectivity index (χ3v) is 7.37. The van der Waals surface area contributed by atoms with E-state index in [1.165, 1.54) is 12.7 Å². The number of esters is 1. The molecule has 3 aromatic carbocycles. The Balaban J connectivity index is 1.53. The summed E-state index contributed by atoms with van der Waals surface area (Å²) in [6.45, 7) is 0.566. The van der Waals surface area contributed by atoms with Crippen LogP contribution in [0.4, 0.5) is 0 Å². The van der Waals surface area contributed by atoms with Gasteiger partial charge in [-0.25, -0.2) is 4.79 Å². The fraction of sp³-hybridized carbons (Fsp3) is 0.286. The first-order valence-electron chi connectivity index (χ1n) is 11.3. The van der Waals surface area contributed by atoms with Gasteiger partial charge in [0.15, 0.2) is 0 Å². The van der Waals surface area contributed by atoms with Crippen molar-refractivity contribution in [2.24, 2.45) is 5.92 Å². The van der Waals surface area contributed by atoms with Gasteiger partial charge in [-0.3, -0.25) is 4.79 Å². The molecule has 0 aliphatic carbocycles. The molecule has 170 valence electrons. The highest BCUT2D eigenvalue weighted by atomic mass is 32.2. The summed E-state index contributed by atoms with van der Waals surface area (Å²) in [6, 6.07) is 29.4. The number of nitrogens with zero attached hydrogens (tertiary/aromatic N) is 1. The van der Waals surface area contributed by atoms with Crippen molar-refractivity contribution < 1.29 is 14.3 Å². The lowest BCUT2D eigenvalue weighted by Gasteiger charge is -2.28. The molecule has 0 aromatic heterocycles. The molecule has 33 heavy (non-hydrogen) atoms. The molecule has 1 aliphatic rings. The minimum atomic E-state index is -0.542. The van der Waals surface area contributed by atoms with Crippen LogP contribution in [0.2, 0.25) is 0 Å². The Hall–Kier alpha value is -3.05. The largest absolute Gasteiger partial charge is 0.467 e. The van der Waals surface area contributed by atoms with Crippen molar-refractivity contribution in [3.8, 4) is 0 Å². The lowest BCUT2D eigenvalue weighted by molar-refractivity contribution is -0.151. The summed E-state index contributed by atoms with van der Waals surface area (Å²) in [5.74, 6) is 1.24. The molecule has 0 radical (unpaired) electrons.